The van der Waals surface area contributed by atoms with E-state index in [0.29, 0.717) is 48.7 Å². The van der Waals surface area contributed by atoms with Crippen molar-refractivity contribution >= 4 is 40.5 Å². The fourth-order valence-electron chi connectivity index (χ4n) is 4.70. The highest BCUT2D eigenvalue weighted by molar-refractivity contribution is 6.31. The molecule has 0 aromatic heterocycles. The third kappa shape index (κ3) is 5.07. The van der Waals surface area contributed by atoms with E-state index in [2.05, 4.69) is 0 Å². The fraction of sp³-hybridized carbons (Fsp3) is 0.286. The van der Waals surface area contributed by atoms with E-state index in [1.54, 1.807) is 0 Å². The minimum atomic E-state index is -0.530. The number of hydrazone groups is 1. The molecule has 8 heteroatoms. The van der Waals surface area contributed by atoms with Gasteiger partial charge in [-0.2, -0.15) is 5.10 Å². The number of carbonyl (C=O) groups excluding carboxylic acids is 1. The highest BCUT2D eigenvalue weighted by Gasteiger charge is 2.46. The van der Waals surface area contributed by atoms with Crippen LogP contribution < -0.4 is 9.75 Å². The molecule has 0 spiro atoms. The van der Waals surface area contributed by atoms with Crippen molar-refractivity contribution in [2.24, 2.45) is 11.0 Å². The summed E-state index contributed by atoms with van der Waals surface area (Å²) in [5.74, 6) is 0.278. The number of carbonyl (C=O) groups is 1. The summed E-state index contributed by atoms with van der Waals surface area (Å²) in [5, 5.41) is 8.26. The van der Waals surface area contributed by atoms with Gasteiger partial charge in [-0.1, -0.05) is 35.3 Å². The number of amides is 1. The largest absolute Gasteiger partial charge is 0.494 e. The number of rotatable bonds is 6. The standard InChI is InChI=1S/C28H27Cl2N3O3/c1-2-36-24-13-5-19(6-14-24)26-25(28(34)32-15-17-35-18-16-32)27(20-3-7-21(29)8-4-20)33(31-26)23-11-9-22(30)10-12-23/h3-14,25,27H,2,15-18H2,1H3. The molecule has 0 radical (unpaired) electrons. The van der Waals surface area contributed by atoms with Crippen molar-refractivity contribution in [2.75, 3.05) is 37.9 Å². The lowest BCUT2D eigenvalue weighted by molar-refractivity contribution is -0.137. The molecule has 2 unspecified atom stereocenters. The molecule has 3 aromatic rings. The Bertz CT molecular complexity index is 1220. The molecule has 36 heavy (non-hydrogen) atoms. The van der Waals surface area contributed by atoms with Crippen molar-refractivity contribution in [3.05, 3.63) is 94.0 Å². The lowest BCUT2D eigenvalue weighted by Gasteiger charge is -2.33. The van der Waals surface area contributed by atoms with Gasteiger partial charge < -0.3 is 14.4 Å². The van der Waals surface area contributed by atoms with Gasteiger partial charge in [0, 0.05) is 23.1 Å². The van der Waals surface area contributed by atoms with E-state index in [-0.39, 0.29) is 11.9 Å². The molecule has 3 aromatic carbocycles. The lowest BCUT2D eigenvalue weighted by atomic mass is 9.85. The van der Waals surface area contributed by atoms with Gasteiger partial charge in [0.15, 0.2) is 0 Å². The molecule has 1 saturated heterocycles. The van der Waals surface area contributed by atoms with Crippen LogP contribution in [0.15, 0.2) is 77.9 Å². The van der Waals surface area contributed by atoms with E-state index in [9.17, 15) is 4.79 Å². The van der Waals surface area contributed by atoms with Gasteiger partial charge in [0.1, 0.15) is 11.7 Å². The van der Waals surface area contributed by atoms with Crippen LogP contribution in [0.4, 0.5) is 5.69 Å². The van der Waals surface area contributed by atoms with E-state index in [4.69, 9.17) is 37.8 Å². The minimum absolute atomic E-state index is 0.0300. The maximum atomic E-state index is 14.1. The number of halogens is 2. The Morgan fingerprint density at radius 3 is 2.17 bits per heavy atom. The Kier molecular flexibility index (Phi) is 7.46. The molecule has 2 heterocycles. The summed E-state index contributed by atoms with van der Waals surface area (Å²) < 4.78 is 11.1. The van der Waals surface area contributed by atoms with Gasteiger partial charge in [-0.3, -0.25) is 9.80 Å². The van der Waals surface area contributed by atoms with E-state index in [0.717, 1.165) is 22.6 Å². The van der Waals surface area contributed by atoms with E-state index >= 15 is 0 Å². The summed E-state index contributed by atoms with van der Waals surface area (Å²) in [7, 11) is 0. The van der Waals surface area contributed by atoms with Gasteiger partial charge >= 0.3 is 0 Å². The number of nitrogens with zero attached hydrogens (tertiary/aromatic N) is 3. The van der Waals surface area contributed by atoms with Crippen LogP contribution >= 0.6 is 23.2 Å². The number of morpholine rings is 1. The smallest absolute Gasteiger partial charge is 0.234 e. The van der Waals surface area contributed by atoms with Gasteiger partial charge in [0.25, 0.3) is 0 Å². The summed E-state index contributed by atoms with van der Waals surface area (Å²) >= 11 is 12.4. The number of hydrogen-bond donors (Lipinski definition) is 0. The normalized spacial score (nSPS) is 19.8. The monoisotopic (exact) mass is 523 g/mol. The van der Waals surface area contributed by atoms with Crippen LogP contribution in [0.5, 0.6) is 5.75 Å². The van der Waals surface area contributed by atoms with E-state index < -0.39 is 5.92 Å². The maximum absolute atomic E-state index is 14.1. The molecular weight excluding hydrogens is 497 g/mol. The summed E-state index contributed by atoms with van der Waals surface area (Å²) in [5.41, 5.74) is 3.38. The Hall–Kier alpha value is -3.06. The summed E-state index contributed by atoms with van der Waals surface area (Å²) in [6, 6.07) is 22.5. The summed E-state index contributed by atoms with van der Waals surface area (Å²) in [6.07, 6.45) is 0. The van der Waals surface area contributed by atoms with E-state index in [1.807, 2.05) is 89.6 Å². The number of benzene rings is 3. The predicted molar refractivity (Wildman–Crippen MR) is 143 cm³/mol. The second kappa shape index (κ2) is 10.9. The maximum Gasteiger partial charge on any atom is 0.234 e. The Balaban J connectivity index is 1.63. The van der Waals surface area contributed by atoms with Crippen LogP contribution in [0.2, 0.25) is 10.0 Å². The summed E-state index contributed by atoms with van der Waals surface area (Å²) in [6.45, 7) is 4.70. The Morgan fingerprint density at radius 2 is 1.56 bits per heavy atom. The molecule has 0 aliphatic carbocycles. The topological polar surface area (TPSA) is 54.4 Å². The minimum Gasteiger partial charge on any atom is -0.494 e. The molecule has 2 aliphatic heterocycles. The van der Waals surface area contributed by atoms with Gasteiger partial charge in [0.05, 0.1) is 37.3 Å². The first kappa shape index (κ1) is 24.6. The zero-order valence-electron chi connectivity index (χ0n) is 19.9. The highest BCUT2D eigenvalue weighted by Crippen LogP contribution is 2.42. The molecule has 1 fully saturated rings. The molecule has 2 atom stereocenters. The highest BCUT2D eigenvalue weighted by atomic mass is 35.5. The van der Waals surface area contributed by atoms with Crippen molar-refractivity contribution in [1.82, 2.24) is 4.90 Å². The van der Waals surface area contributed by atoms with Gasteiger partial charge in [0.2, 0.25) is 5.91 Å². The lowest BCUT2D eigenvalue weighted by Crippen LogP contribution is -2.47. The number of ether oxygens (including phenoxy) is 2. The first-order valence-electron chi connectivity index (χ1n) is 12.0. The van der Waals surface area contributed by atoms with Crippen LogP contribution in [-0.4, -0.2) is 49.4 Å². The van der Waals surface area contributed by atoms with Crippen molar-refractivity contribution < 1.29 is 14.3 Å². The average molecular weight is 524 g/mol. The van der Waals surface area contributed by atoms with Crippen LogP contribution in [0.25, 0.3) is 0 Å². The number of anilines is 1. The second-order valence-corrected chi connectivity index (χ2v) is 9.55. The fourth-order valence-corrected chi connectivity index (χ4v) is 4.95. The van der Waals surface area contributed by atoms with Crippen molar-refractivity contribution in [3.63, 3.8) is 0 Å². The molecule has 6 nitrogen and oxygen atoms in total. The summed E-state index contributed by atoms with van der Waals surface area (Å²) in [4.78, 5) is 16.0. The Labute approximate surface area is 221 Å². The SMILES string of the molecule is CCOc1ccc(C2=NN(c3ccc(Cl)cc3)C(c3ccc(Cl)cc3)C2C(=O)N2CCOCC2)cc1. The molecule has 0 N–H and O–H groups in total. The molecule has 0 saturated carbocycles. The third-order valence-corrected chi connectivity index (χ3v) is 6.95. The molecule has 2 aliphatic rings. The van der Waals surface area contributed by atoms with Gasteiger partial charge in [-0.15, -0.1) is 0 Å². The molecule has 0 bridgehead atoms. The number of hydrogen-bond acceptors (Lipinski definition) is 5. The van der Waals surface area contributed by atoms with Crippen LogP contribution in [-0.2, 0) is 9.53 Å². The first-order valence-corrected chi connectivity index (χ1v) is 12.8. The quantitative estimate of drug-likeness (QED) is 0.407. The van der Waals surface area contributed by atoms with E-state index in [1.165, 1.54) is 0 Å². The second-order valence-electron chi connectivity index (χ2n) is 8.68. The van der Waals surface area contributed by atoms with Gasteiger partial charge in [-0.25, -0.2) is 0 Å². The van der Waals surface area contributed by atoms with Crippen molar-refractivity contribution in [2.45, 2.75) is 13.0 Å². The zero-order valence-corrected chi connectivity index (χ0v) is 21.5. The van der Waals surface area contributed by atoms with Crippen LogP contribution in [0.3, 0.4) is 0 Å². The van der Waals surface area contributed by atoms with Crippen LogP contribution in [0, 0.1) is 5.92 Å². The zero-order chi connectivity index (χ0) is 25.1. The van der Waals surface area contributed by atoms with Crippen molar-refractivity contribution in [3.8, 4) is 5.75 Å². The molecule has 5 rings (SSSR count). The van der Waals surface area contributed by atoms with Gasteiger partial charge in [-0.05, 0) is 78.7 Å². The Morgan fingerprint density at radius 1 is 0.944 bits per heavy atom. The molecular formula is C28H27Cl2N3O3. The predicted octanol–water partition coefficient (Wildman–Crippen LogP) is 5.83. The van der Waals surface area contributed by atoms with Crippen molar-refractivity contribution in [1.29, 1.82) is 0 Å². The third-order valence-electron chi connectivity index (χ3n) is 6.44. The molecule has 1 amide bonds. The van der Waals surface area contributed by atoms with Crippen LogP contribution in [0.1, 0.15) is 24.1 Å². The first-order chi connectivity index (χ1) is 17.5. The average Bonchev–Trinajstić information content (AvgIpc) is 3.31. The molecule has 186 valence electrons.